The van der Waals surface area contributed by atoms with Gasteiger partial charge in [0.2, 0.25) is 5.91 Å². The Bertz CT molecular complexity index is 471. The topological polar surface area (TPSA) is 72.6 Å². The monoisotopic (exact) mass is 308 g/mol. The molecule has 1 fully saturated rings. The first kappa shape index (κ1) is 16.8. The fraction of sp³-hybridized carbons (Fsp3) is 0.765. The third-order valence-corrected chi connectivity index (χ3v) is 4.80. The molecule has 2 amide bonds. The van der Waals surface area contributed by atoms with Gasteiger partial charge < -0.3 is 15.4 Å². The Balaban J connectivity index is 2.08. The molecule has 2 aliphatic rings. The van der Waals surface area contributed by atoms with Gasteiger partial charge in [-0.1, -0.05) is 18.4 Å². The van der Waals surface area contributed by atoms with Crippen molar-refractivity contribution in [2.75, 3.05) is 6.54 Å². The highest BCUT2D eigenvalue weighted by Crippen LogP contribution is 2.36. The summed E-state index contributed by atoms with van der Waals surface area (Å²) in [6.07, 6.45) is 7.17. The number of hydrogen-bond acceptors (Lipinski definition) is 3. The molecule has 5 heteroatoms. The molecule has 1 aliphatic carbocycles. The van der Waals surface area contributed by atoms with Crippen molar-refractivity contribution in [2.24, 2.45) is 11.7 Å². The maximum absolute atomic E-state index is 12.3. The van der Waals surface area contributed by atoms with E-state index in [1.165, 1.54) is 6.42 Å². The highest BCUT2D eigenvalue weighted by atomic mass is 16.6. The minimum atomic E-state index is -0.732. The molecule has 2 N–H and O–H groups in total. The largest absolute Gasteiger partial charge is 0.444 e. The standard InChI is InChI=1S/C17H28N2O3/c1-12-8-9-19(15(20)10-12)14-7-5-4-6-13(14)11-17(2,3)22-16(18)21/h10,13-14H,4-9,11H2,1-3H3,(H2,18,21)/t13-,14+/m0/s1. The van der Waals surface area contributed by atoms with E-state index in [1.807, 2.05) is 25.7 Å². The summed E-state index contributed by atoms with van der Waals surface area (Å²) in [5.41, 5.74) is 5.74. The summed E-state index contributed by atoms with van der Waals surface area (Å²) in [7, 11) is 0. The van der Waals surface area contributed by atoms with Crippen LogP contribution in [0.5, 0.6) is 0 Å². The Labute approximate surface area is 132 Å². The van der Waals surface area contributed by atoms with Gasteiger partial charge in [0.15, 0.2) is 0 Å². The van der Waals surface area contributed by atoms with Crippen LogP contribution in [0.2, 0.25) is 0 Å². The number of carbonyl (C=O) groups is 2. The molecule has 1 aliphatic heterocycles. The molecular weight excluding hydrogens is 280 g/mol. The molecule has 0 saturated heterocycles. The summed E-state index contributed by atoms with van der Waals surface area (Å²) >= 11 is 0. The minimum Gasteiger partial charge on any atom is -0.444 e. The van der Waals surface area contributed by atoms with Crippen molar-refractivity contribution in [3.8, 4) is 0 Å². The molecule has 0 aromatic rings. The lowest BCUT2D eigenvalue weighted by Crippen LogP contribution is -2.49. The van der Waals surface area contributed by atoms with Crippen LogP contribution < -0.4 is 5.73 Å². The summed E-state index contributed by atoms with van der Waals surface area (Å²) in [6, 6.07) is 0.251. The predicted molar refractivity (Wildman–Crippen MR) is 85.2 cm³/mol. The van der Waals surface area contributed by atoms with Crippen molar-refractivity contribution in [1.29, 1.82) is 0 Å². The summed E-state index contributed by atoms with van der Waals surface area (Å²) in [6.45, 7) is 6.61. The molecule has 0 radical (unpaired) electrons. The lowest BCUT2D eigenvalue weighted by atomic mass is 9.77. The first-order valence-corrected chi connectivity index (χ1v) is 8.25. The zero-order valence-electron chi connectivity index (χ0n) is 13.9. The summed E-state index contributed by atoms with van der Waals surface area (Å²) in [5.74, 6) is 0.494. The second kappa shape index (κ2) is 6.71. The van der Waals surface area contributed by atoms with Gasteiger partial charge in [0.25, 0.3) is 0 Å². The van der Waals surface area contributed by atoms with E-state index in [4.69, 9.17) is 10.5 Å². The molecule has 0 unspecified atom stereocenters. The van der Waals surface area contributed by atoms with Crippen LogP contribution in [0.3, 0.4) is 0 Å². The highest BCUT2D eigenvalue weighted by molar-refractivity contribution is 5.89. The van der Waals surface area contributed by atoms with E-state index < -0.39 is 11.7 Å². The maximum Gasteiger partial charge on any atom is 0.405 e. The van der Waals surface area contributed by atoms with Crippen molar-refractivity contribution >= 4 is 12.0 Å². The van der Waals surface area contributed by atoms with E-state index in [0.29, 0.717) is 5.92 Å². The lowest BCUT2D eigenvalue weighted by Gasteiger charge is -2.43. The van der Waals surface area contributed by atoms with E-state index in [9.17, 15) is 9.59 Å². The molecule has 0 bridgehead atoms. The maximum atomic E-state index is 12.3. The van der Waals surface area contributed by atoms with Crippen molar-refractivity contribution in [1.82, 2.24) is 4.90 Å². The lowest BCUT2D eigenvalue weighted by molar-refractivity contribution is -0.131. The van der Waals surface area contributed by atoms with Crippen LogP contribution in [-0.2, 0) is 9.53 Å². The number of amides is 2. The second-order valence-electron chi connectivity index (χ2n) is 7.27. The smallest absolute Gasteiger partial charge is 0.405 e. The third-order valence-electron chi connectivity index (χ3n) is 4.80. The normalized spacial score (nSPS) is 26.6. The molecular formula is C17H28N2O3. The van der Waals surface area contributed by atoms with Crippen molar-refractivity contribution in [3.05, 3.63) is 11.6 Å². The Kier molecular flexibility index (Phi) is 5.14. The zero-order valence-corrected chi connectivity index (χ0v) is 13.9. The Morgan fingerprint density at radius 2 is 2.09 bits per heavy atom. The first-order chi connectivity index (χ1) is 10.3. The molecule has 1 saturated carbocycles. The van der Waals surface area contributed by atoms with Gasteiger partial charge in [0.05, 0.1) is 0 Å². The van der Waals surface area contributed by atoms with E-state index in [0.717, 1.165) is 44.2 Å². The quantitative estimate of drug-likeness (QED) is 0.867. The molecule has 2 atom stereocenters. The van der Waals surface area contributed by atoms with Gasteiger partial charge in [-0.2, -0.15) is 0 Å². The van der Waals surface area contributed by atoms with Gasteiger partial charge in [-0.25, -0.2) is 4.79 Å². The fourth-order valence-corrected chi connectivity index (χ4v) is 3.88. The number of primary amides is 1. The average molecular weight is 308 g/mol. The number of nitrogens with zero attached hydrogens (tertiary/aromatic N) is 1. The van der Waals surface area contributed by atoms with Crippen molar-refractivity contribution in [3.63, 3.8) is 0 Å². The summed E-state index contributed by atoms with van der Waals surface area (Å²) in [4.78, 5) is 25.4. The van der Waals surface area contributed by atoms with E-state index in [2.05, 4.69) is 0 Å². The average Bonchev–Trinajstić information content (AvgIpc) is 2.38. The number of nitrogens with two attached hydrogens (primary N) is 1. The molecule has 0 aromatic heterocycles. The Hall–Kier alpha value is -1.52. The van der Waals surface area contributed by atoms with Gasteiger partial charge in [0, 0.05) is 18.7 Å². The molecule has 0 aromatic carbocycles. The minimum absolute atomic E-state index is 0.134. The van der Waals surface area contributed by atoms with Crippen LogP contribution in [0.15, 0.2) is 11.6 Å². The molecule has 2 rings (SSSR count). The van der Waals surface area contributed by atoms with Gasteiger partial charge in [-0.3, -0.25) is 4.79 Å². The molecule has 124 valence electrons. The van der Waals surface area contributed by atoms with Crippen LogP contribution in [0.1, 0.15) is 59.3 Å². The van der Waals surface area contributed by atoms with Gasteiger partial charge >= 0.3 is 6.09 Å². The number of carbonyl (C=O) groups excluding carboxylic acids is 2. The summed E-state index contributed by atoms with van der Waals surface area (Å²) < 4.78 is 5.24. The van der Waals surface area contributed by atoms with Crippen molar-refractivity contribution in [2.45, 2.75) is 70.9 Å². The third kappa shape index (κ3) is 4.24. The van der Waals surface area contributed by atoms with Crippen LogP contribution in [-0.4, -0.2) is 35.1 Å². The van der Waals surface area contributed by atoms with Gasteiger partial charge in [-0.15, -0.1) is 0 Å². The van der Waals surface area contributed by atoms with Crippen LogP contribution in [0, 0.1) is 5.92 Å². The summed E-state index contributed by atoms with van der Waals surface area (Å²) in [5, 5.41) is 0. The zero-order chi connectivity index (χ0) is 16.3. The van der Waals surface area contributed by atoms with Crippen LogP contribution in [0.4, 0.5) is 4.79 Å². The number of rotatable bonds is 4. The van der Waals surface area contributed by atoms with Crippen LogP contribution in [0.25, 0.3) is 0 Å². The molecule has 22 heavy (non-hydrogen) atoms. The van der Waals surface area contributed by atoms with E-state index in [1.54, 1.807) is 6.08 Å². The highest BCUT2D eigenvalue weighted by Gasteiger charge is 2.37. The predicted octanol–water partition coefficient (Wildman–Crippen LogP) is 2.99. The number of hydrogen-bond donors (Lipinski definition) is 1. The van der Waals surface area contributed by atoms with Gasteiger partial charge in [0.1, 0.15) is 5.60 Å². The molecule has 1 heterocycles. The van der Waals surface area contributed by atoms with Gasteiger partial charge in [-0.05, 0) is 52.4 Å². The van der Waals surface area contributed by atoms with Crippen LogP contribution >= 0.6 is 0 Å². The SMILES string of the molecule is CC1=CC(=O)N([C@@H]2CCCC[C@H]2CC(C)(C)OC(N)=O)CC1. The number of ether oxygens (including phenoxy) is 1. The fourth-order valence-electron chi connectivity index (χ4n) is 3.88. The Morgan fingerprint density at radius 1 is 1.41 bits per heavy atom. The van der Waals surface area contributed by atoms with E-state index >= 15 is 0 Å². The molecule has 0 spiro atoms. The van der Waals surface area contributed by atoms with Crippen molar-refractivity contribution < 1.29 is 14.3 Å². The molecule has 5 nitrogen and oxygen atoms in total. The Morgan fingerprint density at radius 3 is 2.73 bits per heavy atom. The van der Waals surface area contributed by atoms with E-state index in [-0.39, 0.29) is 11.9 Å². The second-order valence-corrected chi connectivity index (χ2v) is 7.27. The first-order valence-electron chi connectivity index (χ1n) is 8.25.